The van der Waals surface area contributed by atoms with E-state index in [0.717, 1.165) is 5.56 Å². The number of hydrogen-bond acceptors (Lipinski definition) is 6. The average molecular weight is 439 g/mol. The highest BCUT2D eigenvalue weighted by atomic mass is 32.1. The second-order valence-corrected chi connectivity index (χ2v) is 7.80. The van der Waals surface area contributed by atoms with Crippen LogP contribution in [0.3, 0.4) is 0 Å². The van der Waals surface area contributed by atoms with Crippen LogP contribution in [-0.4, -0.2) is 16.7 Å². The molecule has 4 aromatic rings. The highest BCUT2D eigenvalue weighted by Gasteiger charge is 2.19. The molecule has 0 radical (unpaired) electrons. The molecule has 0 atom stereocenters. The average Bonchev–Trinajstić information content (AvgIpc) is 3.36. The van der Waals surface area contributed by atoms with Gasteiger partial charge in [0.1, 0.15) is 17.4 Å². The van der Waals surface area contributed by atoms with E-state index in [0.29, 0.717) is 33.0 Å². The minimum Gasteiger partial charge on any atom is -0.438 e. The van der Waals surface area contributed by atoms with E-state index in [1.165, 1.54) is 11.3 Å². The first-order valence-corrected chi connectivity index (χ1v) is 10.6. The summed E-state index contributed by atoms with van der Waals surface area (Å²) in [4.78, 5) is 30.5. The second-order valence-electron chi connectivity index (χ2n) is 6.85. The van der Waals surface area contributed by atoms with Gasteiger partial charge in [-0.15, -0.1) is 11.3 Å². The summed E-state index contributed by atoms with van der Waals surface area (Å²) in [5.41, 5.74) is 2.33. The van der Waals surface area contributed by atoms with Crippen LogP contribution in [0.1, 0.15) is 36.7 Å². The van der Waals surface area contributed by atoms with E-state index in [4.69, 9.17) is 4.74 Å². The standard InChI is InChI=1S/C25H17N3O3S/c1-16-14-18(31-25-17(15-26)6-4-12-27-25)10-11-21(16)28-24(30)20-8-3-2-7-19(20)23(29)22-9-5-13-32-22/h2-14H,1H3,(H,28,30). The van der Waals surface area contributed by atoms with Crippen LogP contribution < -0.4 is 10.1 Å². The third-order valence-corrected chi connectivity index (χ3v) is 5.58. The molecule has 4 rings (SSSR count). The van der Waals surface area contributed by atoms with E-state index >= 15 is 0 Å². The molecule has 1 amide bonds. The Morgan fingerprint density at radius 1 is 1.03 bits per heavy atom. The zero-order valence-electron chi connectivity index (χ0n) is 17.0. The van der Waals surface area contributed by atoms with E-state index in [-0.39, 0.29) is 17.6 Å². The molecule has 6 nitrogen and oxygen atoms in total. The number of benzene rings is 2. The number of aromatic nitrogens is 1. The molecular formula is C25H17N3O3S. The Hall–Kier alpha value is -4.28. The normalized spacial score (nSPS) is 10.2. The molecule has 0 aliphatic carbocycles. The number of carbonyl (C=O) groups excluding carboxylic acids is 2. The molecule has 1 N–H and O–H groups in total. The number of nitrogens with zero attached hydrogens (tertiary/aromatic N) is 2. The maximum atomic E-state index is 13.0. The topological polar surface area (TPSA) is 92.1 Å². The van der Waals surface area contributed by atoms with Gasteiger partial charge in [-0.25, -0.2) is 4.98 Å². The Bertz CT molecular complexity index is 1340. The summed E-state index contributed by atoms with van der Waals surface area (Å²) in [6.07, 6.45) is 1.55. The number of pyridine rings is 1. The Balaban J connectivity index is 1.55. The molecule has 0 aliphatic rings. The van der Waals surface area contributed by atoms with Gasteiger partial charge in [0.2, 0.25) is 11.7 Å². The van der Waals surface area contributed by atoms with Gasteiger partial charge >= 0.3 is 0 Å². The lowest BCUT2D eigenvalue weighted by Gasteiger charge is -2.13. The van der Waals surface area contributed by atoms with Crippen LogP contribution in [0.15, 0.2) is 78.3 Å². The Kier molecular flexibility index (Phi) is 6.06. The summed E-state index contributed by atoms with van der Waals surface area (Å²) in [7, 11) is 0. The van der Waals surface area contributed by atoms with Gasteiger partial charge in [-0.1, -0.05) is 24.3 Å². The van der Waals surface area contributed by atoms with Crippen molar-refractivity contribution in [1.82, 2.24) is 4.98 Å². The Morgan fingerprint density at radius 2 is 1.84 bits per heavy atom. The monoisotopic (exact) mass is 439 g/mol. The first-order chi connectivity index (χ1) is 15.6. The van der Waals surface area contributed by atoms with Gasteiger partial charge in [0.25, 0.3) is 5.91 Å². The van der Waals surface area contributed by atoms with E-state index in [1.807, 2.05) is 18.4 Å². The molecule has 0 fully saturated rings. The maximum absolute atomic E-state index is 13.0. The van der Waals surface area contributed by atoms with Crippen molar-refractivity contribution in [2.75, 3.05) is 5.32 Å². The Labute approximate surface area is 188 Å². The van der Waals surface area contributed by atoms with Crippen molar-refractivity contribution < 1.29 is 14.3 Å². The Morgan fingerprint density at radius 3 is 2.56 bits per heavy atom. The quantitative estimate of drug-likeness (QED) is 0.395. The summed E-state index contributed by atoms with van der Waals surface area (Å²) in [5, 5.41) is 13.9. The van der Waals surface area contributed by atoms with Crippen molar-refractivity contribution in [1.29, 1.82) is 5.26 Å². The van der Waals surface area contributed by atoms with Gasteiger partial charge < -0.3 is 10.1 Å². The van der Waals surface area contributed by atoms with Crippen LogP contribution in [0, 0.1) is 18.3 Å². The molecule has 7 heteroatoms. The molecule has 2 aromatic carbocycles. The molecule has 0 saturated carbocycles. The zero-order chi connectivity index (χ0) is 22.5. The number of anilines is 1. The number of ether oxygens (including phenoxy) is 1. The van der Waals surface area contributed by atoms with Gasteiger partial charge in [0, 0.05) is 17.4 Å². The van der Waals surface area contributed by atoms with Crippen LogP contribution in [-0.2, 0) is 0 Å². The smallest absolute Gasteiger partial charge is 0.256 e. The maximum Gasteiger partial charge on any atom is 0.256 e. The third-order valence-electron chi connectivity index (χ3n) is 4.71. The van der Waals surface area contributed by atoms with Crippen LogP contribution in [0.2, 0.25) is 0 Å². The number of carbonyl (C=O) groups is 2. The summed E-state index contributed by atoms with van der Waals surface area (Å²) >= 11 is 1.34. The van der Waals surface area contributed by atoms with Gasteiger partial charge in [-0.2, -0.15) is 5.26 Å². The molecular weight excluding hydrogens is 422 g/mol. The number of aryl methyl sites for hydroxylation is 1. The van der Waals surface area contributed by atoms with E-state index < -0.39 is 0 Å². The van der Waals surface area contributed by atoms with Gasteiger partial charge in [0.15, 0.2) is 0 Å². The highest BCUT2D eigenvalue weighted by Crippen LogP contribution is 2.27. The van der Waals surface area contributed by atoms with Crippen molar-refractivity contribution in [3.8, 4) is 17.7 Å². The van der Waals surface area contributed by atoms with Gasteiger partial charge in [-0.05, 0) is 60.3 Å². The fraction of sp³-hybridized carbons (Fsp3) is 0.0400. The lowest BCUT2D eigenvalue weighted by atomic mass is 10.0. The molecule has 0 bridgehead atoms. The zero-order valence-corrected chi connectivity index (χ0v) is 17.8. The summed E-state index contributed by atoms with van der Waals surface area (Å²) in [5.74, 6) is 0.143. The van der Waals surface area contributed by atoms with Crippen molar-refractivity contribution in [2.24, 2.45) is 0 Å². The summed E-state index contributed by atoms with van der Waals surface area (Å²) in [6, 6.07) is 20.8. The molecule has 0 saturated heterocycles. The molecule has 0 aliphatic heterocycles. The van der Waals surface area contributed by atoms with Crippen LogP contribution >= 0.6 is 11.3 Å². The molecule has 0 spiro atoms. The summed E-state index contributed by atoms with van der Waals surface area (Å²) < 4.78 is 5.73. The lowest BCUT2D eigenvalue weighted by Crippen LogP contribution is -2.17. The van der Waals surface area contributed by atoms with E-state index in [1.54, 1.807) is 72.9 Å². The predicted molar refractivity (Wildman–Crippen MR) is 122 cm³/mol. The number of thiophene rings is 1. The van der Waals surface area contributed by atoms with Crippen LogP contribution in [0.5, 0.6) is 11.6 Å². The lowest BCUT2D eigenvalue weighted by molar-refractivity contribution is 0.0997. The van der Waals surface area contributed by atoms with Crippen LogP contribution in [0.4, 0.5) is 5.69 Å². The number of nitrogens with one attached hydrogen (secondary N) is 1. The minimum atomic E-state index is -0.376. The van der Waals surface area contributed by atoms with Crippen molar-refractivity contribution >= 4 is 28.7 Å². The number of rotatable bonds is 6. The highest BCUT2D eigenvalue weighted by molar-refractivity contribution is 7.12. The molecule has 156 valence electrons. The van der Waals surface area contributed by atoms with E-state index in [2.05, 4.69) is 10.3 Å². The predicted octanol–water partition coefficient (Wildman–Crippen LogP) is 5.60. The molecule has 2 heterocycles. The van der Waals surface area contributed by atoms with Crippen molar-refractivity contribution in [3.05, 3.63) is 105 Å². The largest absolute Gasteiger partial charge is 0.438 e. The SMILES string of the molecule is Cc1cc(Oc2ncccc2C#N)ccc1NC(=O)c1ccccc1C(=O)c1cccs1. The van der Waals surface area contributed by atoms with Gasteiger partial charge in [0.05, 0.1) is 10.4 Å². The first kappa shape index (κ1) is 21.0. The van der Waals surface area contributed by atoms with E-state index in [9.17, 15) is 14.9 Å². The minimum absolute atomic E-state index is 0.185. The third kappa shape index (κ3) is 4.41. The number of hydrogen-bond donors (Lipinski definition) is 1. The molecule has 2 aromatic heterocycles. The van der Waals surface area contributed by atoms with Crippen molar-refractivity contribution in [3.63, 3.8) is 0 Å². The number of amides is 1. The number of ketones is 1. The summed E-state index contributed by atoms with van der Waals surface area (Å²) in [6.45, 7) is 1.83. The molecule has 0 unspecified atom stereocenters. The molecule has 32 heavy (non-hydrogen) atoms. The first-order valence-electron chi connectivity index (χ1n) is 9.69. The van der Waals surface area contributed by atoms with Crippen LogP contribution in [0.25, 0.3) is 0 Å². The second kappa shape index (κ2) is 9.25. The fourth-order valence-corrected chi connectivity index (χ4v) is 3.80. The number of nitriles is 1. The fourth-order valence-electron chi connectivity index (χ4n) is 3.12. The van der Waals surface area contributed by atoms with Crippen molar-refractivity contribution in [2.45, 2.75) is 6.92 Å². The van der Waals surface area contributed by atoms with Gasteiger partial charge in [-0.3, -0.25) is 9.59 Å².